The van der Waals surface area contributed by atoms with Crippen LogP contribution in [0.5, 0.6) is 0 Å². The largest absolute Gasteiger partial charge is 0.311 e. The monoisotopic (exact) mass is 259 g/mol. The number of rotatable bonds is 2. The van der Waals surface area contributed by atoms with Gasteiger partial charge in [-0.05, 0) is 24.6 Å². The number of hydrogen-bond acceptors (Lipinski definition) is 3. The predicted octanol–water partition coefficient (Wildman–Crippen LogP) is 1.78. The number of fused-ring (bicyclic) bond motifs is 1. The molecule has 3 rings (SSSR count). The molecule has 1 aromatic carbocycles. The van der Waals surface area contributed by atoms with Gasteiger partial charge in [-0.15, -0.1) is 0 Å². The number of hydrogen-bond donors (Lipinski definition) is 1. The number of nitrogens with zero attached hydrogens (tertiary/aromatic N) is 2. The minimum atomic E-state index is 0.573. The van der Waals surface area contributed by atoms with Gasteiger partial charge in [-0.25, -0.2) is 0 Å². The van der Waals surface area contributed by atoms with Crippen LogP contribution in [0.1, 0.15) is 29.7 Å². The van der Waals surface area contributed by atoms with E-state index in [0.717, 1.165) is 13.1 Å². The van der Waals surface area contributed by atoms with E-state index in [0.29, 0.717) is 6.04 Å². The molecule has 104 valence electrons. The SMILES string of the molecule is CCN1CCN([C@H]2CNCc3cc(C)ccc32)CC1. The van der Waals surface area contributed by atoms with Crippen LogP contribution in [-0.2, 0) is 6.54 Å². The van der Waals surface area contributed by atoms with Gasteiger partial charge in [-0.2, -0.15) is 0 Å². The summed E-state index contributed by atoms with van der Waals surface area (Å²) in [7, 11) is 0. The van der Waals surface area contributed by atoms with Gasteiger partial charge in [-0.3, -0.25) is 4.90 Å². The summed E-state index contributed by atoms with van der Waals surface area (Å²) in [6.07, 6.45) is 0. The Kier molecular flexibility index (Phi) is 3.87. The van der Waals surface area contributed by atoms with Gasteiger partial charge in [0.25, 0.3) is 0 Å². The summed E-state index contributed by atoms with van der Waals surface area (Å²) >= 11 is 0. The van der Waals surface area contributed by atoms with E-state index in [2.05, 4.69) is 47.2 Å². The number of piperazine rings is 1. The quantitative estimate of drug-likeness (QED) is 0.873. The average molecular weight is 259 g/mol. The predicted molar refractivity (Wildman–Crippen MR) is 79.3 cm³/mol. The average Bonchev–Trinajstić information content (AvgIpc) is 2.46. The first kappa shape index (κ1) is 13.1. The summed E-state index contributed by atoms with van der Waals surface area (Å²) in [4.78, 5) is 5.20. The summed E-state index contributed by atoms with van der Waals surface area (Å²) in [5, 5.41) is 3.59. The van der Waals surface area contributed by atoms with Gasteiger partial charge in [0.1, 0.15) is 0 Å². The fraction of sp³-hybridized carbons (Fsp3) is 0.625. The summed E-state index contributed by atoms with van der Waals surface area (Å²) in [5.74, 6) is 0. The van der Waals surface area contributed by atoms with Gasteiger partial charge in [0, 0.05) is 45.3 Å². The van der Waals surface area contributed by atoms with Gasteiger partial charge >= 0.3 is 0 Å². The van der Waals surface area contributed by atoms with Crippen LogP contribution >= 0.6 is 0 Å². The maximum absolute atomic E-state index is 3.59. The highest BCUT2D eigenvalue weighted by molar-refractivity contribution is 5.35. The van der Waals surface area contributed by atoms with Crippen molar-refractivity contribution in [3.63, 3.8) is 0 Å². The molecule has 0 unspecified atom stereocenters. The Morgan fingerprint density at radius 2 is 2.00 bits per heavy atom. The lowest BCUT2D eigenvalue weighted by molar-refractivity contribution is 0.0949. The van der Waals surface area contributed by atoms with Crippen molar-refractivity contribution in [3.05, 3.63) is 34.9 Å². The topological polar surface area (TPSA) is 18.5 Å². The lowest BCUT2D eigenvalue weighted by Gasteiger charge is -2.41. The van der Waals surface area contributed by atoms with Gasteiger partial charge in [0.15, 0.2) is 0 Å². The Hall–Kier alpha value is -0.900. The third-order valence-electron chi connectivity index (χ3n) is 4.61. The second-order valence-electron chi connectivity index (χ2n) is 5.82. The van der Waals surface area contributed by atoms with Crippen LogP contribution in [0.25, 0.3) is 0 Å². The fourth-order valence-electron chi connectivity index (χ4n) is 3.38. The van der Waals surface area contributed by atoms with Crippen LogP contribution in [0.15, 0.2) is 18.2 Å². The fourth-order valence-corrected chi connectivity index (χ4v) is 3.38. The van der Waals surface area contributed by atoms with Crippen molar-refractivity contribution < 1.29 is 0 Å². The standard InChI is InChI=1S/C16H25N3/c1-3-18-6-8-19(9-7-18)16-12-17-11-14-10-13(2)4-5-15(14)16/h4-5,10,16-17H,3,6-9,11-12H2,1-2H3/t16-/m0/s1. The maximum atomic E-state index is 3.59. The molecule has 1 aromatic rings. The summed E-state index contributed by atoms with van der Waals surface area (Å²) in [5.41, 5.74) is 4.42. The molecule has 0 saturated carbocycles. The Morgan fingerprint density at radius 1 is 1.21 bits per heavy atom. The molecule has 3 nitrogen and oxygen atoms in total. The van der Waals surface area contributed by atoms with E-state index in [1.54, 1.807) is 5.56 Å². The Labute approximate surface area is 116 Å². The molecular formula is C16H25N3. The Bertz CT molecular complexity index is 436. The van der Waals surface area contributed by atoms with E-state index in [9.17, 15) is 0 Å². The van der Waals surface area contributed by atoms with Crippen LogP contribution in [0, 0.1) is 6.92 Å². The van der Waals surface area contributed by atoms with E-state index >= 15 is 0 Å². The van der Waals surface area contributed by atoms with Crippen molar-refractivity contribution in [1.82, 2.24) is 15.1 Å². The van der Waals surface area contributed by atoms with Gasteiger partial charge in [0.05, 0.1) is 0 Å². The zero-order chi connectivity index (χ0) is 13.2. The van der Waals surface area contributed by atoms with Crippen molar-refractivity contribution in [2.45, 2.75) is 26.4 Å². The molecule has 0 amide bonds. The lowest BCUT2D eigenvalue weighted by Crippen LogP contribution is -2.50. The van der Waals surface area contributed by atoms with Crippen LogP contribution < -0.4 is 5.32 Å². The molecule has 1 saturated heterocycles. The molecule has 3 heteroatoms. The molecule has 0 radical (unpaired) electrons. The van der Waals surface area contributed by atoms with E-state index < -0.39 is 0 Å². The van der Waals surface area contributed by atoms with Crippen LogP contribution in [-0.4, -0.2) is 49.1 Å². The smallest absolute Gasteiger partial charge is 0.0477 e. The maximum Gasteiger partial charge on any atom is 0.0477 e. The first-order chi connectivity index (χ1) is 9.28. The zero-order valence-corrected chi connectivity index (χ0v) is 12.2. The second kappa shape index (κ2) is 5.61. The first-order valence-corrected chi connectivity index (χ1v) is 7.54. The highest BCUT2D eigenvalue weighted by Crippen LogP contribution is 2.28. The molecule has 0 spiro atoms. The van der Waals surface area contributed by atoms with Gasteiger partial charge in [0.2, 0.25) is 0 Å². The third kappa shape index (κ3) is 2.69. The van der Waals surface area contributed by atoms with Crippen molar-refractivity contribution in [2.24, 2.45) is 0 Å². The van der Waals surface area contributed by atoms with E-state index in [4.69, 9.17) is 0 Å². The number of aryl methyl sites for hydroxylation is 1. The van der Waals surface area contributed by atoms with Gasteiger partial charge < -0.3 is 10.2 Å². The van der Waals surface area contributed by atoms with Crippen molar-refractivity contribution in [3.8, 4) is 0 Å². The minimum absolute atomic E-state index is 0.573. The molecule has 19 heavy (non-hydrogen) atoms. The summed E-state index contributed by atoms with van der Waals surface area (Å²) in [6, 6.07) is 7.53. The van der Waals surface area contributed by atoms with E-state index in [-0.39, 0.29) is 0 Å². The normalized spacial score (nSPS) is 25.3. The van der Waals surface area contributed by atoms with Crippen molar-refractivity contribution in [1.29, 1.82) is 0 Å². The summed E-state index contributed by atoms with van der Waals surface area (Å²) in [6.45, 7) is 12.6. The van der Waals surface area contributed by atoms with Crippen LogP contribution in [0.4, 0.5) is 0 Å². The Balaban J connectivity index is 1.77. The zero-order valence-electron chi connectivity index (χ0n) is 12.2. The highest BCUT2D eigenvalue weighted by atomic mass is 15.3. The molecule has 0 aliphatic carbocycles. The molecule has 2 heterocycles. The van der Waals surface area contributed by atoms with Gasteiger partial charge in [-0.1, -0.05) is 30.7 Å². The van der Waals surface area contributed by atoms with E-state index in [1.165, 1.54) is 43.9 Å². The number of nitrogens with one attached hydrogen (secondary N) is 1. The second-order valence-corrected chi connectivity index (χ2v) is 5.82. The first-order valence-electron chi connectivity index (χ1n) is 7.54. The molecule has 1 atom stereocenters. The van der Waals surface area contributed by atoms with Crippen molar-refractivity contribution in [2.75, 3.05) is 39.3 Å². The molecule has 2 aliphatic heterocycles. The molecule has 0 aromatic heterocycles. The number of likely N-dealkylation sites (N-methyl/N-ethyl adjacent to an activating group) is 1. The van der Waals surface area contributed by atoms with Crippen molar-refractivity contribution >= 4 is 0 Å². The third-order valence-corrected chi connectivity index (χ3v) is 4.61. The molecule has 2 aliphatic rings. The Morgan fingerprint density at radius 3 is 2.74 bits per heavy atom. The molecule has 0 bridgehead atoms. The van der Waals surface area contributed by atoms with Crippen LogP contribution in [0.2, 0.25) is 0 Å². The summed E-state index contributed by atoms with van der Waals surface area (Å²) < 4.78 is 0. The number of benzene rings is 1. The lowest BCUT2D eigenvalue weighted by atomic mass is 9.93. The molecule has 1 fully saturated rings. The molecular weight excluding hydrogens is 234 g/mol. The molecule has 1 N–H and O–H groups in total. The van der Waals surface area contributed by atoms with Crippen LogP contribution in [0.3, 0.4) is 0 Å². The highest BCUT2D eigenvalue weighted by Gasteiger charge is 2.28. The van der Waals surface area contributed by atoms with E-state index in [1.807, 2.05) is 0 Å². The minimum Gasteiger partial charge on any atom is -0.311 e.